The zero-order chi connectivity index (χ0) is 20.1. The van der Waals surface area contributed by atoms with Crippen LogP contribution in [0.25, 0.3) is 9.88 Å². The standard InChI is InChI=1S/C16H14N4O5S3/c21-15(13-10-27-16(19-13)14-5-2-8-26-14)17-6-7-18-28(24,25)12-4-1-3-11(9-12)20(22)23/h1-5,8-10,18H,6-7H2,(H,17,21). The first-order valence-electron chi connectivity index (χ1n) is 7.88. The van der Waals surface area contributed by atoms with Crippen LogP contribution in [0.3, 0.4) is 0 Å². The Morgan fingerprint density at radius 2 is 2.00 bits per heavy atom. The Morgan fingerprint density at radius 1 is 1.18 bits per heavy atom. The molecule has 2 aromatic heterocycles. The number of carbonyl (C=O) groups excluding carboxylic acids is 1. The number of hydrogen-bond donors (Lipinski definition) is 2. The lowest BCUT2D eigenvalue weighted by atomic mass is 10.3. The molecule has 0 atom stereocenters. The predicted molar refractivity (Wildman–Crippen MR) is 106 cm³/mol. The number of nitro groups is 1. The number of sulfonamides is 1. The van der Waals surface area contributed by atoms with E-state index in [1.54, 1.807) is 5.38 Å². The molecule has 12 heteroatoms. The summed E-state index contributed by atoms with van der Waals surface area (Å²) in [4.78, 5) is 27.2. The average Bonchev–Trinajstić information content (AvgIpc) is 3.36. The maximum Gasteiger partial charge on any atom is 0.270 e. The van der Waals surface area contributed by atoms with Crippen LogP contribution >= 0.6 is 22.7 Å². The number of nitrogens with one attached hydrogen (secondary N) is 2. The summed E-state index contributed by atoms with van der Waals surface area (Å²) in [7, 11) is -3.92. The molecule has 0 saturated carbocycles. The molecule has 28 heavy (non-hydrogen) atoms. The number of thiazole rings is 1. The van der Waals surface area contributed by atoms with E-state index in [0.29, 0.717) is 0 Å². The summed E-state index contributed by atoms with van der Waals surface area (Å²) in [6.07, 6.45) is 0. The molecule has 0 aliphatic carbocycles. The second-order valence-corrected chi connectivity index (χ2v) is 9.00. The van der Waals surface area contributed by atoms with Crippen molar-refractivity contribution in [1.82, 2.24) is 15.0 Å². The number of aromatic nitrogens is 1. The zero-order valence-corrected chi connectivity index (χ0v) is 16.6. The van der Waals surface area contributed by atoms with Crippen LogP contribution in [-0.2, 0) is 10.0 Å². The molecule has 0 aliphatic heterocycles. The molecule has 0 aliphatic rings. The second kappa shape index (κ2) is 8.56. The number of amides is 1. The normalized spacial score (nSPS) is 11.3. The maximum absolute atomic E-state index is 12.2. The fraction of sp³-hybridized carbons (Fsp3) is 0.125. The molecular formula is C16H14N4O5S3. The fourth-order valence-corrected chi connectivity index (χ4v) is 4.88. The fourth-order valence-electron chi connectivity index (χ4n) is 2.19. The van der Waals surface area contributed by atoms with Gasteiger partial charge in [0.25, 0.3) is 11.6 Å². The highest BCUT2D eigenvalue weighted by Gasteiger charge is 2.17. The van der Waals surface area contributed by atoms with Crippen LogP contribution in [0.2, 0.25) is 0 Å². The van der Waals surface area contributed by atoms with E-state index in [1.807, 2.05) is 17.5 Å². The smallest absolute Gasteiger partial charge is 0.270 e. The third kappa shape index (κ3) is 4.78. The lowest BCUT2D eigenvalue weighted by Gasteiger charge is -2.07. The van der Waals surface area contributed by atoms with Crippen LogP contribution in [0.15, 0.2) is 52.1 Å². The first-order valence-corrected chi connectivity index (χ1v) is 11.1. The quantitative estimate of drug-likeness (QED) is 0.316. The highest BCUT2D eigenvalue weighted by atomic mass is 32.2. The van der Waals surface area contributed by atoms with Gasteiger partial charge in [-0.25, -0.2) is 18.1 Å². The summed E-state index contributed by atoms with van der Waals surface area (Å²) in [6.45, 7) is -0.0302. The summed E-state index contributed by atoms with van der Waals surface area (Å²) in [5.41, 5.74) is -0.0591. The molecule has 1 aromatic carbocycles. The Labute approximate surface area is 168 Å². The van der Waals surface area contributed by atoms with Crippen molar-refractivity contribution >= 4 is 44.3 Å². The molecule has 0 unspecified atom stereocenters. The third-order valence-electron chi connectivity index (χ3n) is 3.51. The lowest BCUT2D eigenvalue weighted by molar-refractivity contribution is -0.385. The zero-order valence-electron chi connectivity index (χ0n) is 14.2. The molecule has 0 saturated heterocycles. The molecule has 0 bridgehead atoms. The van der Waals surface area contributed by atoms with Crippen LogP contribution in [0.5, 0.6) is 0 Å². The molecule has 0 spiro atoms. The van der Waals surface area contributed by atoms with Gasteiger partial charge in [0.1, 0.15) is 10.7 Å². The highest BCUT2D eigenvalue weighted by Crippen LogP contribution is 2.27. The van der Waals surface area contributed by atoms with Crippen LogP contribution in [0.1, 0.15) is 10.5 Å². The summed E-state index contributed by atoms with van der Waals surface area (Å²) in [6, 6.07) is 8.54. The number of thiophene rings is 1. The Hall–Kier alpha value is -2.67. The number of non-ortho nitro benzene ring substituents is 1. The van der Waals surface area contributed by atoms with E-state index in [4.69, 9.17) is 0 Å². The van der Waals surface area contributed by atoms with Gasteiger partial charge in [0.2, 0.25) is 10.0 Å². The largest absolute Gasteiger partial charge is 0.349 e. The molecule has 3 rings (SSSR count). The summed E-state index contributed by atoms with van der Waals surface area (Å²) < 4.78 is 26.7. The Bertz CT molecular complexity index is 1090. The van der Waals surface area contributed by atoms with Crippen molar-refractivity contribution in [2.24, 2.45) is 0 Å². The van der Waals surface area contributed by atoms with Crippen molar-refractivity contribution in [1.29, 1.82) is 0 Å². The van der Waals surface area contributed by atoms with Crippen molar-refractivity contribution in [3.63, 3.8) is 0 Å². The SMILES string of the molecule is O=C(NCCNS(=O)(=O)c1cccc([N+](=O)[O-])c1)c1csc(-c2cccs2)n1. The Kier molecular flexibility index (Phi) is 6.14. The number of rotatable bonds is 8. The minimum Gasteiger partial charge on any atom is -0.349 e. The Morgan fingerprint density at radius 3 is 2.71 bits per heavy atom. The molecule has 2 N–H and O–H groups in total. The van der Waals surface area contributed by atoms with Gasteiger partial charge in [0.15, 0.2) is 0 Å². The number of hydrogen-bond acceptors (Lipinski definition) is 8. The van der Waals surface area contributed by atoms with Gasteiger partial charge in [-0.1, -0.05) is 12.1 Å². The molecule has 0 radical (unpaired) electrons. The van der Waals surface area contributed by atoms with E-state index in [-0.39, 0.29) is 29.4 Å². The summed E-state index contributed by atoms with van der Waals surface area (Å²) in [5, 5.41) is 17.6. The Balaban J connectivity index is 1.53. The van der Waals surface area contributed by atoms with Crippen molar-refractivity contribution in [2.45, 2.75) is 4.90 Å². The lowest BCUT2D eigenvalue weighted by Crippen LogP contribution is -2.34. The summed E-state index contributed by atoms with van der Waals surface area (Å²) >= 11 is 2.88. The summed E-state index contributed by atoms with van der Waals surface area (Å²) in [5.74, 6) is -0.409. The average molecular weight is 439 g/mol. The monoisotopic (exact) mass is 438 g/mol. The minimum atomic E-state index is -3.92. The van der Waals surface area contributed by atoms with E-state index in [1.165, 1.54) is 40.9 Å². The van der Waals surface area contributed by atoms with Crippen molar-refractivity contribution in [2.75, 3.05) is 13.1 Å². The van der Waals surface area contributed by atoms with Gasteiger partial charge >= 0.3 is 0 Å². The van der Waals surface area contributed by atoms with Gasteiger partial charge in [0.05, 0.1) is 14.7 Å². The van der Waals surface area contributed by atoms with Crippen LogP contribution < -0.4 is 10.0 Å². The molecule has 146 valence electrons. The van der Waals surface area contributed by atoms with Crippen molar-refractivity contribution in [3.8, 4) is 9.88 Å². The minimum absolute atomic E-state index is 0.0405. The van der Waals surface area contributed by atoms with Crippen molar-refractivity contribution < 1.29 is 18.1 Å². The number of nitrogens with zero attached hydrogens (tertiary/aromatic N) is 2. The predicted octanol–water partition coefficient (Wildman–Crippen LogP) is 2.49. The molecule has 3 aromatic rings. The maximum atomic E-state index is 12.2. The van der Waals surface area contributed by atoms with Crippen LogP contribution in [0.4, 0.5) is 5.69 Å². The van der Waals surface area contributed by atoms with Gasteiger partial charge in [-0.3, -0.25) is 14.9 Å². The molecule has 2 heterocycles. The van der Waals surface area contributed by atoms with Crippen LogP contribution in [0, 0.1) is 10.1 Å². The van der Waals surface area contributed by atoms with E-state index >= 15 is 0 Å². The van der Waals surface area contributed by atoms with E-state index in [9.17, 15) is 23.3 Å². The van der Waals surface area contributed by atoms with E-state index < -0.39 is 20.9 Å². The van der Waals surface area contributed by atoms with Gasteiger partial charge in [0, 0.05) is 30.6 Å². The second-order valence-electron chi connectivity index (χ2n) is 5.42. The van der Waals surface area contributed by atoms with Crippen molar-refractivity contribution in [3.05, 3.63) is 63.0 Å². The van der Waals surface area contributed by atoms with Gasteiger partial charge in [-0.2, -0.15) is 0 Å². The molecular weight excluding hydrogens is 424 g/mol. The van der Waals surface area contributed by atoms with Crippen LogP contribution in [-0.4, -0.2) is 37.3 Å². The van der Waals surface area contributed by atoms with Gasteiger partial charge < -0.3 is 5.32 Å². The molecule has 0 fully saturated rings. The first-order chi connectivity index (χ1) is 13.4. The van der Waals surface area contributed by atoms with E-state index in [2.05, 4.69) is 15.0 Å². The number of benzene rings is 1. The highest BCUT2D eigenvalue weighted by molar-refractivity contribution is 7.89. The third-order valence-corrected chi connectivity index (χ3v) is 6.85. The van der Waals surface area contributed by atoms with Gasteiger partial charge in [-0.15, -0.1) is 22.7 Å². The van der Waals surface area contributed by atoms with Gasteiger partial charge in [-0.05, 0) is 17.5 Å². The molecule has 1 amide bonds. The molecule has 9 nitrogen and oxygen atoms in total. The van der Waals surface area contributed by atoms with E-state index in [0.717, 1.165) is 16.0 Å². The first kappa shape index (κ1) is 20.1. The topological polar surface area (TPSA) is 131 Å². The number of carbonyl (C=O) groups is 1. The number of nitro benzene ring substituents is 1.